The molecule has 0 saturated heterocycles. The first-order chi connectivity index (χ1) is 14.4. The molecule has 4 heteroatoms. The number of pyridine rings is 1. The summed E-state index contributed by atoms with van der Waals surface area (Å²) in [5, 5.41) is 7.57. The van der Waals surface area contributed by atoms with E-state index >= 15 is 0 Å². The van der Waals surface area contributed by atoms with E-state index in [0.717, 1.165) is 16.2 Å². The van der Waals surface area contributed by atoms with E-state index in [4.69, 9.17) is 4.98 Å². The first-order valence-electron chi connectivity index (χ1n) is 10.0. The van der Waals surface area contributed by atoms with Crippen molar-refractivity contribution < 1.29 is 4.79 Å². The highest BCUT2D eigenvalue weighted by Crippen LogP contribution is 2.34. The number of hydrogen-bond acceptors (Lipinski definition) is 2. The average Bonchev–Trinajstić information content (AvgIpc) is 2.75. The van der Waals surface area contributed by atoms with Crippen LogP contribution in [0.3, 0.4) is 0 Å². The second-order valence-corrected chi connectivity index (χ2v) is 10.4. The molecule has 0 fully saturated rings. The van der Waals surface area contributed by atoms with Gasteiger partial charge in [-0.2, -0.15) is 0 Å². The summed E-state index contributed by atoms with van der Waals surface area (Å²) in [4.78, 5) is 17.8. The van der Waals surface area contributed by atoms with Crippen LogP contribution < -0.4 is 21.4 Å². The summed E-state index contributed by atoms with van der Waals surface area (Å²) in [6.07, 6.45) is 0. The van der Waals surface area contributed by atoms with E-state index in [9.17, 15) is 4.79 Å². The molecular formula is C26H25N2OP. The lowest BCUT2D eigenvalue weighted by Gasteiger charge is -2.22. The SMILES string of the molecule is CC(C)(C)C(=O)Nc1nc(P(c2ccccc2)c2ccccc2)cc2ccccc12. The number of aromatic nitrogens is 1. The minimum atomic E-state index is -0.851. The number of amides is 1. The lowest BCUT2D eigenvalue weighted by molar-refractivity contribution is -0.123. The Bertz CT molecular complexity index is 1130. The third-order valence-electron chi connectivity index (χ3n) is 4.90. The molecule has 0 spiro atoms. The highest BCUT2D eigenvalue weighted by atomic mass is 31.1. The Morgan fingerprint density at radius 2 is 1.33 bits per heavy atom. The van der Waals surface area contributed by atoms with Crippen LogP contribution in [-0.2, 0) is 4.79 Å². The largest absolute Gasteiger partial charge is 0.310 e. The van der Waals surface area contributed by atoms with Crippen LogP contribution in [0.15, 0.2) is 91.0 Å². The molecule has 0 aliphatic carbocycles. The second kappa shape index (κ2) is 8.38. The standard InChI is InChI=1S/C26H25N2OP/c1-26(2,3)25(29)28-24-22-17-11-10-12-19(22)18-23(27-24)30(20-13-6-4-7-14-20)21-15-8-5-9-16-21/h4-18H,1-3H3,(H,27,28,29). The molecule has 0 aliphatic heterocycles. The summed E-state index contributed by atoms with van der Waals surface area (Å²) in [5.41, 5.74) is 0.480. The summed E-state index contributed by atoms with van der Waals surface area (Å²) in [6.45, 7) is 5.74. The van der Waals surface area contributed by atoms with Gasteiger partial charge in [0.2, 0.25) is 5.91 Å². The van der Waals surface area contributed by atoms with Crippen molar-refractivity contribution in [1.29, 1.82) is 0 Å². The Morgan fingerprint density at radius 1 is 0.800 bits per heavy atom. The molecule has 1 aromatic heterocycles. The van der Waals surface area contributed by atoms with Crippen molar-refractivity contribution in [2.75, 3.05) is 5.32 Å². The quantitative estimate of drug-likeness (QED) is 0.481. The van der Waals surface area contributed by atoms with Gasteiger partial charge in [0.1, 0.15) is 5.82 Å². The molecule has 0 aliphatic rings. The lowest BCUT2D eigenvalue weighted by atomic mass is 9.95. The van der Waals surface area contributed by atoms with Gasteiger partial charge in [-0.3, -0.25) is 4.79 Å². The Kier molecular flexibility index (Phi) is 5.65. The van der Waals surface area contributed by atoms with Gasteiger partial charge in [0.15, 0.2) is 0 Å². The normalized spacial score (nSPS) is 11.6. The predicted octanol–water partition coefficient (Wildman–Crippen LogP) is 4.98. The molecule has 0 atom stereocenters. The van der Waals surface area contributed by atoms with Gasteiger partial charge >= 0.3 is 0 Å². The van der Waals surface area contributed by atoms with E-state index in [0.29, 0.717) is 5.82 Å². The molecular weight excluding hydrogens is 387 g/mol. The van der Waals surface area contributed by atoms with Gasteiger partial charge in [-0.1, -0.05) is 106 Å². The number of nitrogens with zero attached hydrogens (tertiary/aromatic N) is 1. The molecule has 0 saturated carbocycles. The fourth-order valence-corrected chi connectivity index (χ4v) is 5.49. The van der Waals surface area contributed by atoms with E-state index in [1.165, 1.54) is 10.6 Å². The van der Waals surface area contributed by atoms with E-state index < -0.39 is 13.3 Å². The van der Waals surface area contributed by atoms with Crippen molar-refractivity contribution >= 4 is 46.5 Å². The topological polar surface area (TPSA) is 42.0 Å². The maximum Gasteiger partial charge on any atom is 0.230 e. The number of benzene rings is 3. The number of fused-ring (bicyclic) bond motifs is 1. The van der Waals surface area contributed by atoms with Gasteiger partial charge in [-0.15, -0.1) is 0 Å². The van der Waals surface area contributed by atoms with Crippen molar-refractivity contribution in [2.45, 2.75) is 20.8 Å². The van der Waals surface area contributed by atoms with Crippen LogP contribution in [0.5, 0.6) is 0 Å². The number of hydrogen-bond donors (Lipinski definition) is 1. The summed E-state index contributed by atoms with van der Waals surface area (Å²) < 4.78 is 0. The van der Waals surface area contributed by atoms with E-state index in [2.05, 4.69) is 66.0 Å². The fourth-order valence-electron chi connectivity index (χ4n) is 3.26. The maximum atomic E-state index is 12.8. The molecule has 0 unspecified atom stereocenters. The summed E-state index contributed by atoms with van der Waals surface area (Å²) in [7, 11) is -0.851. The Labute approximate surface area is 178 Å². The third kappa shape index (κ3) is 4.27. The molecule has 30 heavy (non-hydrogen) atoms. The minimum Gasteiger partial charge on any atom is -0.310 e. The van der Waals surface area contributed by atoms with Gasteiger partial charge in [-0.05, 0) is 22.1 Å². The number of rotatable bonds is 4. The zero-order chi connectivity index (χ0) is 21.1. The summed E-state index contributed by atoms with van der Waals surface area (Å²) in [5.74, 6) is 0.587. The van der Waals surface area contributed by atoms with Gasteiger partial charge in [-0.25, -0.2) is 4.98 Å². The lowest BCUT2D eigenvalue weighted by Crippen LogP contribution is -2.29. The highest BCUT2D eigenvalue weighted by molar-refractivity contribution is 7.79. The van der Waals surface area contributed by atoms with E-state index in [1.807, 2.05) is 51.1 Å². The van der Waals surface area contributed by atoms with Crippen LogP contribution in [0.1, 0.15) is 20.8 Å². The maximum absolute atomic E-state index is 12.8. The first-order valence-corrected chi connectivity index (χ1v) is 11.4. The van der Waals surface area contributed by atoms with E-state index in [1.54, 1.807) is 0 Å². The number of anilines is 1. The molecule has 3 nitrogen and oxygen atoms in total. The fraction of sp³-hybridized carbons (Fsp3) is 0.154. The predicted molar refractivity (Wildman–Crippen MR) is 129 cm³/mol. The molecule has 1 heterocycles. The number of nitrogens with one attached hydrogen (secondary N) is 1. The summed E-state index contributed by atoms with van der Waals surface area (Å²) >= 11 is 0. The number of carbonyl (C=O) groups excluding carboxylic acids is 1. The average molecular weight is 412 g/mol. The van der Waals surface area contributed by atoms with Gasteiger partial charge in [0.25, 0.3) is 0 Å². The van der Waals surface area contributed by atoms with Crippen LogP contribution >= 0.6 is 7.92 Å². The first kappa shape index (κ1) is 20.3. The van der Waals surface area contributed by atoms with E-state index in [-0.39, 0.29) is 5.91 Å². The molecule has 4 aromatic rings. The monoisotopic (exact) mass is 412 g/mol. The molecule has 150 valence electrons. The third-order valence-corrected chi connectivity index (χ3v) is 7.21. The minimum absolute atomic E-state index is 0.0407. The smallest absolute Gasteiger partial charge is 0.230 e. The van der Waals surface area contributed by atoms with Gasteiger partial charge in [0.05, 0.1) is 5.44 Å². The van der Waals surface area contributed by atoms with Crippen molar-refractivity contribution in [2.24, 2.45) is 5.41 Å². The molecule has 4 rings (SSSR count). The Morgan fingerprint density at radius 3 is 1.90 bits per heavy atom. The second-order valence-electron chi connectivity index (χ2n) is 8.26. The van der Waals surface area contributed by atoms with Crippen molar-refractivity contribution in [3.8, 4) is 0 Å². The van der Waals surface area contributed by atoms with Crippen LogP contribution in [0.4, 0.5) is 5.82 Å². The van der Waals surface area contributed by atoms with Crippen LogP contribution in [-0.4, -0.2) is 10.9 Å². The van der Waals surface area contributed by atoms with Crippen molar-refractivity contribution in [1.82, 2.24) is 4.98 Å². The molecule has 1 amide bonds. The van der Waals surface area contributed by atoms with Crippen LogP contribution in [0.25, 0.3) is 10.8 Å². The van der Waals surface area contributed by atoms with Crippen molar-refractivity contribution in [3.05, 3.63) is 91.0 Å². The van der Waals surface area contributed by atoms with Gasteiger partial charge < -0.3 is 5.32 Å². The zero-order valence-electron chi connectivity index (χ0n) is 17.5. The van der Waals surface area contributed by atoms with Crippen LogP contribution in [0, 0.1) is 5.41 Å². The highest BCUT2D eigenvalue weighted by Gasteiger charge is 2.24. The van der Waals surface area contributed by atoms with Crippen molar-refractivity contribution in [3.63, 3.8) is 0 Å². The van der Waals surface area contributed by atoms with Gasteiger partial charge in [0, 0.05) is 18.7 Å². The van der Waals surface area contributed by atoms with Crippen LogP contribution in [0.2, 0.25) is 0 Å². The molecule has 1 N–H and O–H groups in total. The molecule has 3 aromatic carbocycles. The summed E-state index contributed by atoms with van der Waals surface area (Å²) in [6, 6.07) is 31.2. The Balaban J connectivity index is 1.91. The zero-order valence-corrected chi connectivity index (χ0v) is 18.4. The number of carbonyl (C=O) groups is 1. The molecule has 0 radical (unpaired) electrons. The Hall–Kier alpha value is -3.03. The molecule has 0 bridgehead atoms.